The first kappa shape index (κ1) is 13.4. The minimum atomic E-state index is -0.870. The van der Waals surface area contributed by atoms with Gasteiger partial charge in [-0.25, -0.2) is 4.98 Å². The highest BCUT2D eigenvalue weighted by atomic mass is 32.1. The van der Waals surface area contributed by atoms with Gasteiger partial charge in [-0.1, -0.05) is 0 Å². The first-order valence-electron chi connectivity index (χ1n) is 4.90. The van der Waals surface area contributed by atoms with Crippen molar-refractivity contribution in [2.45, 2.75) is 32.2 Å². The van der Waals surface area contributed by atoms with Gasteiger partial charge in [0.15, 0.2) is 5.13 Å². The number of aliphatic carboxylic acids is 1. The summed E-state index contributed by atoms with van der Waals surface area (Å²) in [6.07, 6.45) is 1.63. The zero-order chi connectivity index (χ0) is 13.1. The molecule has 0 radical (unpaired) electrons. The maximum atomic E-state index is 10.5. The average Bonchev–Trinajstić information content (AvgIpc) is 2.63. The summed E-state index contributed by atoms with van der Waals surface area (Å²) in [5.41, 5.74) is -0.468. The highest BCUT2D eigenvalue weighted by Crippen LogP contribution is 2.28. The van der Waals surface area contributed by atoms with Gasteiger partial charge in [0.25, 0.3) is 0 Å². The Balaban J connectivity index is 2.62. The highest BCUT2D eigenvalue weighted by molar-refractivity contribution is 7.18. The van der Waals surface area contributed by atoms with Crippen molar-refractivity contribution in [3.05, 3.63) is 16.3 Å². The summed E-state index contributed by atoms with van der Waals surface area (Å²) in [6, 6.07) is 0. The normalized spacial score (nSPS) is 11.2. The van der Waals surface area contributed by atoms with Gasteiger partial charge < -0.3 is 10.4 Å². The predicted octanol–water partition coefficient (Wildman–Crippen LogP) is 2.11. The molecular formula is C9H13N3O4S. The highest BCUT2D eigenvalue weighted by Gasteiger charge is 2.21. The molecular weight excluding hydrogens is 246 g/mol. The molecule has 0 aliphatic heterocycles. The maximum Gasteiger partial charge on any atom is 0.345 e. The third-order valence-electron chi connectivity index (χ3n) is 2.08. The van der Waals surface area contributed by atoms with Crippen LogP contribution in [0.1, 0.15) is 26.7 Å². The molecule has 0 aliphatic rings. The molecule has 1 aromatic heterocycles. The zero-order valence-corrected chi connectivity index (χ0v) is 10.3. The molecule has 94 valence electrons. The Morgan fingerprint density at radius 1 is 1.71 bits per heavy atom. The van der Waals surface area contributed by atoms with Crippen LogP contribution in [-0.4, -0.2) is 26.5 Å². The number of rotatable bonds is 6. The summed E-state index contributed by atoms with van der Waals surface area (Å²) in [6.45, 7) is 3.65. The number of anilines is 1. The van der Waals surface area contributed by atoms with Gasteiger partial charge in [-0.05, 0) is 31.6 Å². The second-order valence-electron chi connectivity index (χ2n) is 4.16. The van der Waals surface area contributed by atoms with Crippen LogP contribution in [0.15, 0.2) is 6.20 Å². The number of carboxylic acid groups (broad SMARTS) is 1. The van der Waals surface area contributed by atoms with Crippen LogP contribution in [-0.2, 0) is 4.79 Å². The summed E-state index contributed by atoms with van der Waals surface area (Å²) in [5, 5.41) is 22.4. The molecule has 0 amide bonds. The third kappa shape index (κ3) is 4.35. The van der Waals surface area contributed by atoms with Gasteiger partial charge in [0.2, 0.25) is 0 Å². The molecule has 1 rings (SSSR count). The summed E-state index contributed by atoms with van der Waals surface area (Å²) < 4.78 is 0. The van der Waals surface area contributed by atoms with E-state index in [1.165, 1.54) is 6.20 Å². The molecule has 0 bridgehead atoms. The summed E-state index contributed by atoms with van der Waals surface area (Å²) >= 11 is 0.933. The number of nitrogens with one attached hydrogen (secondary N) is 1. The number of hydrogen-bond donors (Lipinski definition) is 2. The minimum Gasteiger partial charge on any atom is -0.481 e. The van der Waals surface area contributed by atoms with E-state index >= 15 is 0 Å². The lowest BCUT2D eigenvalue weighted by molar-refractivity contribution is -0.380. The van der Waals surface area contributed by atoms with E-state index < -0.39 is 16.4 Å². The average molecular weight is 259 g/mol. The second-order valence-corrected chi connectivity index (χ2v) is 5.17. The maximum absolute atomic E-state index is 10.5. The Morgan fingerprint density at radius 2 is 2.35 bits per heavy atom. The van der Waals surface area contributed by atoms with Crippen molar-refractivity contribution < 1.29 is 14.8 Å². The van der Waals surface area contributed by atoms with Crippen LogP contribution < -0.4 is 5.32 Å². The van der Waals surface area contributed by atoms with Gasteiger partial charge >= 0.3 is 11.0 Å². The quantitative estimate of drug-likeness (QED) is 0.598. The summed E-state index contributed by atoms with van der Waals surface area (Å²) in [4.78, 5) is 24.3. The Kier molecular flexibility index (Phi) is 4.00. The molecule has 8 heteroatoms. The third-order valence-corrected chi connectivity index (χ3v) is 2.95. The molecule has 0 saturated heterocycles. The number of carbonyl (C=O) groups is 1. The van der Waals surface area contributed by atoms with Crippen molar-refractivity contribution in [1.82, 2.24) is 4.98 Å². The fourth-order valence-electron chi connectivity index (χ4n) is 1.18. The first-order valence-corrected chi connectivity index (χ1v) is 5.72. The van der Waals surface area contributed by atoms with Crippen molar-refractivity contribution in [2.75, 3.05) is 5.32 Å². The predicted molar refractivity (Wildman–Crippen MR) is 63.3 cm³/mol. The first-order chi connectivity index (χ1) is 7.80. The largest absolute Gasteiger partial charge is 0.481 e. The SMILES string of the molecule is CC(C)(CCC(=O)O)Nc1ncc([N+](=O)[O-])s1. The lowest BCUT2D eigenvalue weighted by atomic mass is 9.99. The standard InChI is InChI=1S/C9H13N3O4S/c1-9(2,4-3-7(13)14)11-8-10-5-6(17-8)12(15)16/h5H,3-4H2,1-2H3,(H,10,11)(H,13,14). The smallest absolute Gasteiger partial charge is 0.345 e. The van der Waals surface area contributed by atoms with Crippen LogP contribution in [0, 0.1) is 10.1 Å². The Hall–Kier alpha value is -1.70. The van der Waals surface area contributed by atoms with Gasteiger partial charge in [-0.15, -0.1) is 0 Å². The van der Waals surface area contributed by atoms with E-state index in [0.29, 0.717) is 11.6 Å². The molecule has 0 saturated carbocycles. The van der Waals surface area contributed by atoms with Gasteiger partial charge in [0.05, 0.1) is 4.92 Å². The van der Waals surface area contributed by atoms with E-state index in [9.17, 15) is 14.9 Å². The van der Waals surface area contributed by atoms with Crippen molar-refractivity contribution in [2.24, 2.45) is 0 Å². The van der Waals surface area contributed by atoms with Gasteiger partial charge in [-0.3, -0.25) is 14.9 Å². The number of carboxylic acids is 1. The van der Waals surface area contributed by atoms with Crippen LogP contribution >= 0.6 is 11.3 Å². The molecule has 1 aromatic rings. The van der Waals surface area contributed by atoms with E-state index in [1.54, 1.807) is 0 Å². The van der Waals surface area contributed by atoms with E-state index in [-0.39, 0.29) is 11.4 Å². The number of hydrogen-bond acceptors (Lipinski definition) is 6. The zero-order valence-electron chi connectivity index (χ0n) is 9.47. The van der Waals surface area contributed by atoms with Crippen molar-refractivity contribution in [1.29, 1.82) is 0 Å². The van der Waals surface area contributed by atoms with Gasteiger partial charge in [0, 0.05) is 12.0 Å². The monoisotopic (exact) mass is 259 g/mol. The molecule has 0 fully saturated rings. The molecule has 7 nitrogen and oxygen atoms in total. The summed E-state index contributed by atoms with van der Waals surface area (Å²) in [5.74, 6) is -0.870. The Labute approximate surface area is 102 Å². The molecule has 0 unspecified atom stereocenters. The van der Waals surface area contributed by atoms with E-state index in [0.717, 1.165) is 11.3 Å². The molecule has 0 aliphatic carbocycles. The number of aromatic nitrogens is 1. The number of nitrogens with zero attached hydrogens (tertiary/aromatic N) is 2. The molecule has 0 spiro atoms. The van der Waals surface area contributed by atoms with Crippen LogP contribution in [0.2, 0.25) is 0 Å². The van der Waals surface area contributed by atoms with Crippen LogP contribution in [0.3, 0.4) is 0 Å². The van der Waals surface area contributed by atoms with E-state index in [1.807, 2.05) is 13.8 Å². The topological polar surface area (TPSA) is 105 Å². The fourth-order valence-corrected chi connectivity index (χ4v) is 1.99. The van der Waals surface area contributed by atoms with Gasteiger partial charge in [0.1, 0.15) is 6.20 Å². The molecule has 1 heterocycles. The lowest BCUT2D eigenvalue weighted by Crippen LogP contribution is -2.31. The number of thiazole rings is 1. The molecule has 17 heavy (non-hydrogen) atoms. The number of nitro groups is 1. The van der Waals surface area contributed by atoms with Crippen LogP contribution in [0.4, 0.5) is 10.1 Å². The summed E-state index contributed by atoms with van der Waals surface area (Å²) in [7, 11) is 0. The second kappa shape index (κ2) is 5.09. The van der Waals surface area contributed by atoms with Crippen molar-refractivity contribution in [3.8, 4) is 0 Å². The van der Waals surface area contributed by atoms with E-state index in [4.69, 9.17) is 5.11 Å². The van der Waals surface area contributed by atoms with Gasteiger partial charge in [-0.2, -0.15) is 0 Å². The fraction of sp³-hybridized carbons (Fsp3) is 0.556. The Bertz CT molecular complexity index is 430. The lowest BCUT2D eigenvalue weighted by Gasteiger charge is -2.24. The molecule has 2 N–H and O–H groups in total. The molecule has 0 atom stereocenters. The van der Waals surface area contributed by atoms with E-state index in [2.05, 4.69) is 10.3 Å². The van der Waals surface area contributed by atoms with Crippen LogP contribution in [0.25, 0.3) is 0 Å². The van der Waals surface area contributed by atoms with Crippen LogP contribution in [0.5, 0.6) is 0 Å². The van der Waals surface area contributed by atoms with Crippen molar-refractivity contribution >= 4 is 27.4 Å². The minimum absolute atomic E-state index is 0.0352. The molecule has 0 aromatic carbocycles. The van der Waals surface area contributed by atoms with Crippen molar-refractivity contribution in [3.63, 3.8) is 0 Å². The Morgan fingerprint density at radius 3 is 2.82 bits per heavy atom.